The molecule has 6 rings (SSSR count). The fourth-order valence-electron chi connectivity index (χ4n) is 7.01. The molecular weight excluding hydrogens is 466 g/mol. The first-order valence-corrected chi connectivity index (χ1v) is 14.4. The van der Waals surface area contributed by atoms with Crippen LogP contribution in [0.15, 0.2) is 24.4 Å². The number of pyridine rings is 1. The summed E-state index contributed by atoms with van der Waals surface area (Å²) in [6.07, 6.45) is 10.8. The lowest BCUT2D eigenvalue weighted by Gasteiger charge is -2.56. The Balaban J connectivity index is 1.22. The molecule has 10 heteroatoms. The summed E-state index contributed by atoms with van der Waals surface area (Å²) in [5.74, 6) is 2.25. The second-order valence-corrected chi connectivity index (χ2v) is 13.0. The van der Waals surface area contributed by atoms with Gasteiger partial charge in [0.2, 0.25) is 15.9 Å². The maximum Gasteiger partial charge on any atom is 0.268 e. The van der Waals surface area contributed by atoms with Crippen LogP contribution in [0.4, 0.5) is 0 Å². The van der Waals surface area contributed by atoms with Gasteiger partial charge in [-0.1, -0.05) is 6.07 Å². The highest BCUT2D eigenvalue weighted by molar-refractivity contribution is 7.88. The number of rotatable bonds is 9. The maximum atomic E-state index is 13.2. The second kappa shape index (κ2) is 9.20. The van der Waals surface area contributed by atoms with E-state index >= 15 is 0 Å². The van der Waals surface area contributed by atoms with Crippen LogP contribution in [-0.2, 0) is 21.2 Å². The largest absolute Gasteiger partial charge is 0.350 e. The van der Waals surface area contributed by atoms with Gasteiger partial charge in [0.05, 0.1) is 18.4 Å². The summed E-state index contributed by atoms with van der Waals surface area (Å²) in [6.45, 7) is 1.15. The molecule has 0 atom stereocenters. The van der Waals surface area contributed by atoms with E-state index in [0.717, 1.165) is 30.6 Å². The van der Waals surface area contributed by atoms with Crippen LogP contribution in [0.1, 0.15) is 54.7 Å². The minimum atomic E-state index is -3.29. The van der Waals surface area contributed by atoms with Crippen LogP contribution in [0, 0.1) is 23.2 Å². The smallest absolute Gasteiger partial charge is 0.268 e. The zero-order chi connectivity index (χ0) is 24.8. The highest BCUT2D eigenvalue weighted by atomic mass is 32.2. The van der Waals surface area contributed by atoms with Crippen molar-refractivity contribution in [3.05, 3.63) is 35.8 Å². The van der Waals surface area contributed by atoms with Gasteiger partial charge in [0.25, 0.3) is 5.91 Å². The van der Waals surface area contributed by atoms with Crippen LogP contribution in [0.3, 0.4) is 0 Å². The average molecular weight is 502 g/mol. The lowest BCUT2D eigenvalue weighted by Crippen LogP contribution is -2.51. The highest BCUT2D eigenvalue weighted by Gasteiger charge is 2.50. The standard InChI is InChI=1S/C25H35N5O4S/c1-29(7-6-27-35(2,33)34)23(31)11-20-15-30-21(4-3-5-22(30)28-20)24(32)26-16-25-12-17-8-18(13-25)10-19(9-17)14-25/h3-5,15,17-19,27H,6-14,16H2,1-2H3,(H,26,32). The van der Waals surface area contributed by atoms with Gasteiger partial charge in [-0.15, -0.1) is 0 Å². The molecule has 4 bridgehead atoms. The summed E-state index contributed by atoms with van der Waals surface area (Å²) < 4.78 is 26.5. The van der Waals surface area contributed by atoms with Gasteiger partial charge in [0, 0.05) is 32.9 Å². The number of hydrogen-bond acceptors (Lipinski definition) is 5. The summed E-state index contributed by atoms with van der Waals surface area (Å²) in [5.41, 5.74) is 1.97. The van der Waals surface area contributed by atoms with Crippen molar-refractivity contribution in [3.8, 4) is 0 Å². The van der Waals surface area contributed by atoms with Gasteiger partial charge >= 0.3 is 0 Å². The van der Waals surface area contributed by atoms with E-state index in [0.29, 0.717) is 17.0 Å². The van der Waals surface area contributed by atoms with E-state index in [4.69, 9.17) is 0 Å². The van der Waals surface area contributed by atoms with Gasteiger partial charge in [-0.2, -0.15) is 0 Å². The Bertz CT molecular complexity index is 1200. The molecule has 0 saturated heterocycles. The zero-order valence-corrected chi connectivity index (χ0v) is 21.3. The fraction of sp³-hybridized carbons (Fsp3) is 0.640. The molecular formula is C25H35N5O4S. The molecule has 2 aromatic rings. The fourth-order valence-corrected chi connectivity index (χ4v) is 7.47. The Hall–Kier alpha value is -2.46. The van der Waals surface area contributed by atoms with E-state index < -0.39 is 10.0 Å². The lowest BCUT2D eigenvalue weighted by atomic mass is 9.49. The Morgan fingerprint density at radius 3 is 2.43 bits per heavy atom. The summed E-state index contributed by atoms with van der Waals surface area (Å²) in [7, 11) is -1.66. The normalized spacial score (nSPS) is 27.3. The minimum absolute atomic E-state index is 0.0748. The summed E-state index contributed by atoms with van der Waals surface area (Å²) >= 11 is 0. The number of likely N-dealkylation sites (N-methyl/N-ethyl adjacent to an activating group) is 1. The maximum absolute atomic E-state index is 13.2. The number of aromatic nitrogens is 2. The molecule has 4 saturated carbocycles. The summed E-state index contributed by atoms with van der Waals surface area (Å²) in [4.78, 5) is 31.8. The van der Waals surface area contributed by atoms with E-state index in [1.54, 1.807) is 23.7 Å². The number of carbonyl (C=O) groups excluding carboxylic acids is 2. The topological polar surface area (TPSA) is 113 Å². The molecule has 2 amide bonds. The lowest BCUT2D eigenvalue weighted by molar-refractivity contribution is -0.129. The molecule has 4 aliphatic rings. The van der Waals surface area contributed by atoms with Crippen LogP contribution in [0.2, 0.25) is 0 Å². The number of nitrogens with one attached hydrogen (secondary N) is 2. The molecule has 0 aliphatic heterocycles. The third kappa shape index (κ3) is 5.38. The first-order chi connectivity index (χ1) is 16.6. The highest BCUT2D eigenvalue weighted by Crippen LogP contribution is 2.59. The Morgan fingerprint density at radius 2 is 1.80 bits per heavy atom. The number of carbonyl (C=O) groups is 2. The molecule has 0 radical (unpaired) electrons. The molecule has 0 unspecified atom stereocenters. The monoisotopic (exact) mass is 501 g/mol. The van der Waals surface area contributed by atoms with Crippen molar-refractivity contribution in [3.63, 3.8) is 0 Å². The molecule has 4 aliphatic carbocycles. The van der Waals surface area contributed by atoms with Crippen molar-refractivity contribution < 1.29 is 18.0 Å². The van der Waals surface area contributed by atoms with Crippen molar-refractivity contribution in [1.29, 1.82) is 0 Å². The third-order valence-corrected chi connectivity index (χ3v) is 8.86. The minimum Gasteiger partial charge on any atom is -0.350 e. The van der Waals surface area contributed by atoms with Crippen LogP contribution in [-0.4, -0.2) is 67.5 Å². The van der Waals surface area contributed by atoms with Gasteiger partial charge < -0.3 is 10.2 Å². The molecule has 35 heavy (non-hydrogen) atoms. The number of fused-ring (bicyclic) bond motifs is 1. The van der Waals surface area contributed by atoms with E-state index in [2.05, 4.69) is 15.0 Å². The van der Waals surface area contributed by atoms with Crippen LogP contribution >= 0.6 is 0 Å². The van der Waals surface area contributed by atoms with E-state index in [1.165, 1.54) is 43.4 Å². The van der Waals surface area contributed by atoms with Gasteiger partial charge in [0.15, 0.2) is 0 Å². The second-order valence-electron chi connectivity index (χ2n) is 11.1. The van der Waals surface area contributed by atoms with E-state index in [1.807, 2.05) is 12.1 Å². The number of nitrogens with zero attached hydrogens (tertiary/aromatic N) is 3. The molecule has 0 aromatic carbocycles. The predicted molar refractivity (Wildman–Crippen MR) is 132 cm³/mol. The quantitative estimate of drug-likeness (QED) is 0.544. The van der Waals surface area contributed by atoms with E-state index in [9.17, 15) is 18.0 Å². The van der Waals surface area contributed by atoms with Gasteiger partial charge in [-0.3, -0.25) is 14.0 Å². The summed E-state index contributed by atoms with van der Waals surface area (Å²) in [6, 6.07) is 5.43. The number of sulfonamides is 1. The van der Waals surface area contributed by atoms with Gasteiger partial charge in [-0.05, 0) is 73.8 Å². The third-order valence-electron chi connectivity index (χ3n) is 8.13. The van der Waals surface area contributed by atoms with E-state index in [-0.39, 0.29) is 36.7 Å². The number of hydrogen-bond donors (Lipinski definition) is 2. The van der Waals surface area contributed by atoms with Crippen LogP contribution < -0.4 is 10.0 Å². The Morgan fingerprint density at radius 1 is 1.14 bits per heavy atom. The first kappa shape index (κ1) is 24.2. The molecule has 0 spiro atoms. The van der Waals surface area contributed by atoms with Crippen LogP contribution in [0.5, 0.6) is 0 Å². The SMILES string of the molecule is CN(CCNS(C)(=O)=O)C(=O)Cc1cn2c(C(=O)NCC34CC5CC(CC(C5)C3)C4)cccc2n1. The molecule has 4 fully saturated rings. The number of amides is 2. The van der Waals surface area contributed by atoms with Crippen molar-refractivity contribution in [2.45, 2.75) is 44.9 Å². The molecule has 9 nitrogen and oxygen atoms in total. The summed E-state index contributed by atoms with van der Waals surface area (Å²) in [5, 5.41) is 3.23. The average Bonchev–Trinajstić information content (AvgIpc) is 3.18. The van der Waals surface area contributed by atoms with Crippen molar-refractivity contribution in [1.82, 2.24) is 24.3 Å². The van der Waals surface area contributed by atoms with Crippen LogP contribution in [0.25, 0.3) is 5.65 Å². The van der Waals surface area contributed by atoms with Crippen molar-refractivity contribution in [2.24, 2.45) is 23.2 Å². The van der Waals surface area contributed by atoms with Crippen molar-refractivity contribution in [2.75, 3.05) is 32.9 Å². The first-order valence-electron chi connectivity index (χ1n) is 12.5. The molecule has 190 valence electrons. The molecule has 2 N–H and O–H groups in total. The van der Waals surface area contributed by atoms with Crippen molar-refractivity contribution >= 4 is 27.5 Å². The molecule has 2 aromatic heterocycles. The van der Waals surface area contributed by atoms with Gasteiger partial charge in [-0.25, -0.2) is 18.1 Å². The Labute approximate surface area is 206 Å². The Kier molecular flexibility index (Phi) is 6.37. The van der Waals surface area contributed by atoms with Gasteiger partial charge in [0.1, 0.15) is 11.3 Å². The zero-order valence-electron chi connectivity index (χ0n) is 20.5. The molecule has 2 heterocycles. The predicted octanol–water partition coefficient (Wildman–Crippen LogP) is 1.83. The number of imidazole rings is 1.